The number of carbonyl (C=O) groups is 1. The molecule has 0 saturated heterocycles. The lowest BCUT2D eigenvalue weighted by molar-refractivity contribution is 0.0699. The van der Waals surface area contributed by atoms with Gasteiger partial charge in [0.05, 0.1) is 11.1 Å². The van der Waals surface area contributed by atoms with Gasteiger partial charge in [0.25, 0.3) is 0 Å². The third kappa shape index (κ3) is 2.22. The van der Waals surface area contributed by atoms with E-state index in [9.17, 15) is 9.90 Å². The molecule has 3 aromatic rings. The molecule has 0 bridgehead atoms. The van der Waals surface area contributed by atoms with Gasteiger partial charge in [-0.3, -0.25) is 9.97 Å². The average Bonchev–Trinajstić information content (AvgIpc) is 3.39. The molecule has 2 aromatic heterocycles. The second kappa shape index (κ2) is 4.91. The highest BCUT2D eigenvalue weighted by Gasteiger charge is 2.24. The fraction of sp³-hybridized carbons (Fsp3) is 0.167. The Hall–Kier alpha value is -2.75. The van der Waals surface area contributed by atoms with E-state index in [-0.39, 0.29) is 5.56 Å². The van der Waals surface area contributed by atoms with Gasteiger partial charge >= 0.3 is 5.97 Å². The Morgan fingerprint density at radius 3 is 2.55 bits per heavy atom. The van der Waals surface area contributed by atoms with E-state index in [2.05, 4.69) is 22.1 Å². The van der Waals surface area contributed by atoms with Crippen LogP contribution in [0, 0.1) is 0 Å². The lowest BCUT2D eigenvalue weighted by Gasteiger charge is -2.06. The lowest BCUT2D eigenvalue weighted by Crippen LogP contribution is -1.98. The van der Waals surface area contributed by atoms with Crippen LogP contribution in [0.2, 0.25) is 0 Å². The zero-order chi connectivity index (χ0) is 15.1. The van der Waals surface area contributed by atoms with E-state index < -0.39 is 5.97 Å². The Morgan fingerprint density at radius 1 is 1.05 bits per heavy atom. The first-order chi connectivity index (χ1) is 10.7. The van der Waals surface area contributed by atoms with Crippen LogP contribution in [-0.2, 0) is 0 Å². The van der Waals surface area contributed by atoms with Gasteiger partial charge < -0.3 is 5.11 Å². The van der Waals surface area contributed by atoms with Crippen LogP contribution in [0.4, 0.5) is 0 Å². The zero-order valence-corrected chi connectivity index (χ0v) is 11.9. The van der Waals surface area contributed by atoms with Crippen molar-refractivity contribution in [3.63, 3.8) is 0 Å². The molecule has 0 unspecified atom stereocenters. The van der Waals surface area contributed by atoms with Crippen molar-refractivity contribution in [3.05, 3.63) is 60.0 Å². The van der Waals surface area contributed by atoms with Gasteiger partial charge in [0.1, 0.15) is 0 Å². The smallest absolute Gasteiger partial charge is 0.336 e. The predicted octanol–water partition coefficient (Wildman–Crippen LogP) is 3.87. The molecule has 1 aromatic carbocycles. The maximum atomic E-state index is 11.3. The molecule has 0 amide bonds. The Labute approximate surface area is 127 Å². The molecule has 0 atom stereocenters. The first-order valence-electron chi connectivity index (χ1n) is 7.31. The first-order valence-corrected chi connectivity index (χ1v) is 7.31. The van der Waals surface area contributed by atoms with Crippen LogP contribution in [0.5, 0.6) is 0 Å². The minimum atomic E-state index is -0.938. The fourth-order valence-electron chi connectivity index (χ4n) is 2.71. The quantitative estimate of drug-likeness (QED) is 0.795. The van der Waals surface area contributed by atoms with E-state index in [0.717, 1.165) is 16.8 Å². The molecule has 108 valence electrons. The molecule has 1 fully saturated rings. The maximum absolute atomic E-state index is 11.3. The number of pyridine rings is 2. The number of hydrogen-bond acceptors (Lipinski definition) is 3. The summed E-state index contributed by atoms with van der Waals surface area (Å²) >= 11 is 0. The van der Waals surface area contributed by atoms with E-state index in [4.69, 9.17) is 0 Å². The highest BCUT2D eigenvalue weighted by atomic mass is 16.4. The Bertz CT molecular complexity index is 868. The molecule has 4 rings (SSSR count). The molecular formula is C18H14N2O2. The van der Waals surface area contributed by atoms with Crippen molar-refractivity contribution in [3.8, 4) is 11.1 Å². The number of hydrogen-bond donors (Lipinski definition) is 1. The lowest BCUT2D eigenvalue weighted by atomic mass is 10.0. The molecule has 4 heteroatoms. The second-order valence-corrected chi connectivity index (χ2v) is 5.64. The summed E-state index contributed by atoms with van der Waals surface area (Å²) in [5.41, 5.74) is 4.06. The fourth-order valence-corrected chi connectivity index (χ4v) is 2.71. The third-order valence-electron chi connectivity index (χ3n) is 4.09. The molecule has 1 aliphatic rings. The Kier molecular flexibility index (Phi) is 2.89. The van der Waals surface area contributed by atoms with Crippen LogP contribution < -0.4 is 0 Å². The van der Waals surface area contributed by atoms with Crippen molar-refractivity contribution in [1.29, 1.82) is 0 Å². The molecule has 0 radical (unpaired) electrons. The highest BCUT2D eigenvalue weighted by Crippen LogP contribution is 2.39. The van der Waals surface area contributed by atoms with Gasteiger partial charge in [-0.25, -0.2) is 4.79 Å². The number of carboxylic acid groups (broad SMARTS) is 1. The number of aromatic nitrogens is 2. The van der Waals surface area contributed by atoms with Gasteiger partial charge in [0.2, 0.25) is 0 Å². The van der Waals surface area contributed by atoms with Crippen LogP contribution >= 0.6 is 0 Å². The number of carboxylic acids is 1. The molecule has 0 spiro atoms. The molecular weight excluding hydrogens is 276 g/mol. The van der Waals surface area contributed by atoms with E-state index in [1.165, 1.54) is 25.1 Å². The highest BCUT2D eigenvalue weighted by molar-refractivity contribution is 6.03. The zero-order valence-electron chi connectivity index (χ0n) is 11.9. The minimum Gasteiger partial charge on any atom is -0.478 e. The SMILES string of the molecule is O=C(O)c1ccnc2ccc(-c3ccc(C4CC4)nc3)cc12. The van der Waals surface area contributed by atoms with Crippen molar-refractivity contribution >= 4 is 16.9 Å². The summed E-state index contributed by atoms with van der Waals surface area (Å²) in [5, 5.41) is 9.96. The largest absolute Gasteiger partial charge is 0.478 e. The number of benzene rings is 1. The number of aromatic carboxylic acids is 1. The topological polar surface area (TPSA) is 63.1 Å². The van der Waals surface area contributed by atoms with E-state index in [1.807, 2.05) is 24.4 Å². The van der Waals surface area contributed by atoms with Crippen molar-refractivity contribution in [2.24, 2.45) is 0 Å². The number of fused-ring (bicyclic) bond motifs is 1. The third-order valence-corrected chi connectivity index (χ3v) is 4.09. The minimum absolute atomic E-state index is 0.273. The van der Waals surface area contributed by atoms with Crippen LogP contribution in [0.15, 0.2) is 48.8 Å². The first kappa shape index (κ1) is 13.0. The summed E-state index contributed by atoms with van der Waals surface area (Å²) in [4.78, 5) is 20.1. The van der Waals surface area contributed by atoms with Crippen molar-refractivity contribution in [2.75, 3.05) is 0 Å². The number of nitrogens with zero attached hydrogens (tertiary/aromatic N) is 2. The summed E-state index contributed by atoms with van der Waals surface area (Å²) in [6.45, 7) is 0. The summed E-state index contributed by atoms with van der Waals surface area (Å²) in [6.07, 6.45) is 5.86. The van der Waals surface area contributed by atoms with E-state index in [0.29, 0.717) is 16.8 Å². The Balaban J connectivity index is 1.81. The Morgan fingerprint density at radius 2 is 1.86 bits per heavy atom. The normalized spacial score (nSPS) is 14.2. The van der Waals surface area contributed by atoms with Gasteiger partial charge in [-0.1, -0.05) is 12.1 Å². The number of rotatable bonds is 3. The molecule has 1 N–H and O–H groups in total. The van der Waals surface area contributed by atoms with Gasteiger partial charge in [-0.05, 0) is 42.7 Å². The molecule has 1 aliphatic carbocycles. The summed E-state index contributed by atoms with van der Waals surface area (Å²) in [6, 6.07) is 11.3. The molecule has 1 saturated carbocycles. The van der Waals surface area contributed by atoms with Gasteiger partial charge in [0, 0.05) is 35.0 Å². The van der Waals surface area contributed by atoms with Crippen molar-refractivity contribution < 1.29 is 9.90 Å². The van der Waals surface area contributed by atoms with Crippen LogP contribution in [0.25, 0.3) is 22.0 Å². The maximum Gasteiger partial charge on any atom is 0.336 e. The van der Waals surface area contributed by atoms with Gasteiger partial charge in [-0.2, -0.15) is 0 Å². The van der Waals surface area contributed by atoms with Crippen LogP contribution in [0.1, 0.15) is 34.8 Å². The molecule has 22 heavy (non-hydrogen) atoms. The van der Waals surface area contributed by atoms with Crippen LogP contribution in [-0.4, -0.2) is 21.0 Å². The van der Waals surface area contributed by atoms with Crippen LogP contribution in [0.3, 0.4) is 0 Å². The summed E-state index contributed by atoms with van der Waals surface area (Å²) in [5.74, 6) is -0.305. The van der Waals surface area contributed by atoms with Gasteiger partial charge in [-0.15, -0.1) is 0 Å². The standard InChI is InChI=1S/C18H14N2O2/c21-18(22)14-7-8-19-17-6-3-12(9-15(14)17)13-4-5-16(20-10-13)11-1-2-11/h3-11H,1-2H2,(H,21,22). The molecule has 2 heterocycles. The van der Waals surface area contributed by atoms with E-state index in [1.54, 1.807) is 0 Å². The summed E-state index contributed by atoms with van der Waals surface area (Å²) < 4.78 is 0. The molecule has 0 aliphatic heterocycles. The average molecular weight is 290 g/mol. The second-order valence-electron chi connectivity index (χ2n) is 5.64. The van der Waals surface area contributed by atoms with Crippen molar-refractivity contribution in [2.45, 2.75) is 18.8 Å². The molecule has 4 nitrogen and oxygen atoms in total. The predicted molar refractivity (Wildman–Crippen MR) is 83.9 cm³/mol. The van der Waals surface area contributed by atoms with E-state index >= 15 is 0 Å². The van der Waals surface area contributed by atoms with Crippen molar-refractivity contribution in [1.82, 2.24) is 9.97 Å². The van der Waals surface area contributed by atoms with Gasteiger partial charge in [0.15, 0.2) is 0 Å². The monoisotopic (exact) mass is 290 g/mol. The summed E-state index contributed by atoms with van der Waals surface area (Å²) in [7, 11) is 0.